The lowest BCUT2D eigenvalue weighted by atomic mass is 9.93. The summed E-state index contributed by atoms with van der Waals surface area (Å²) in [5.74, 6) is 7.94. The molecule has 252 valence electrons. The van der Waals surface area contributed by atoms with Gasteiger partial charge in [0.1, 0.15) is 23.9 Å². The van der Waals surface area contributed by atoms with Crippen molar-refractivity contribution in [1.29, 1.82) is 0 Å². The number of aryl methyl sites for hydroxylation is 1. The molecule has 0 fully saturated rings. The molecule has 0 saturated carbocycles. The van der Waals surface area contributed by atoms with Gasteiger partial charge in [-0.2, -0.15) is 9.36 Å². The number of rotatable bonds is 8. The normalized spacial score (nSPS) is 12.5. The highest BCUT2D eigenvalue weighted by molar-refractivity contribution is 7.98. The Kier molecular flexibility index (Phi) is 14.3. The first-order valence-electron chi connectivity index (χ1n) is 13.4. The summed E-state index contributed by atoms with van der Waals surface area (Å²) in [4.78, 5) is 50.3. The van der Waals surface area contributed by atoms with E-state index in [1.165, 1.54) is 22.5 Å². The molecule has 1 aromatic carbocycles. The van der Waals surface area contributed by atoms with Gasteiger partial charge in [-0.1, -0.05) is 61.7 Å². The van der Waals surface area contributed by atoms with E-state index < -0.39 is 26.4 Å². The number of nitrogens with one attached hydrogen (secondary N) is 1. The number of carboxylic acids is 1. The molecule has 20 heteroatoms. The van der Waals surface area contributed by atoms with Gasteiger partial charge in [0, 0.05) is 24.4 Å². The maximum absolute atomic E-state index is 12.5. The molecule has 1 aliphatic heterocycles. The number of fused-ring (bicyclic) bond motifs is 1. The van der Waals surface area contributed by atoms with Gasteiger partial charge in [0.15, 0.2) is 0 Å². The first kappa shape index (κ1) is 38.8. The van der Waals surface area contributed by atoms with Gasteiger partial charge in [0.25, 0.3) is 5.56 Å². The standard InChI is InChI=1S/C15H13Cl2N3O2.C8H14N4OS.C3H8NO5P/c1-2-7-22-13-9-12(10(16)8-11(13)17)20-15(21)19-6-4-3-5-14(19)18-20;1-8(2,3)5-6(13)12(9)7(14-4)11-10-5;5-3(6)1-4-2-10(7,8)9/h1,8-9H,3-7H2;9H2,1-4H3;4H,1-2H2,(H,5,6)(H2,7,8,9). The minimum absolute atomic E-state index is 0.0788. The van der Waals surface area contributed by atoms with Crippen LogP contribution in [0.5, 0.6) is 5.75 Å². The van der Waals surface area contributed by atoms with Crippen molar-refractivity contribution in [2.45, 2.75) is 57.1 Å². The molecule has 0 amide bonds. The van der Waals surface area contributed by atoms with Gasteiger partial charge in [0.05, 0.1) is 28.6 Å². The SMILES string of the molecule is C#CCOc1cc(-n2nc3n(c2=O)CCCC3)c(Cl)cc1Cl.CSc1nnc(C(C)(C)C)c(=O)n1N.O=C(O)CNCP(=O)(O)O. The van der Waals surface area contributed by atoms with Crippen LogP contribution in [0.25, 0.3) is 5.69 Å². The summed E-state index contributed by atoms with van der Waals surface area (Å²) in [5.41, 5.74) is 0.00348. The molecule has 0 spiro atoms. The molecule has 16 nitrogen and oxygen atoms in total. The van der Waals surface area contributed by atoms with Crippen LogP contribution in [0.4, 0.5) is 0 Å². The number of aliphatic carboxylic acids is 1. The fourth-order valence-electron chi connectivity index (χ4n) is 3.77. The Morgan fingerprint density at radius 1 is 1.22 bits per heavy atom. The monoisotopic (exact) mass is 720 g/mol. The number of halogens is 2. The molecule has 0 radical (unpaired) electrons. The van der Waals surface area contributed by atoms with Crippen LogP contribution in [0.3, 0.4) is 0 Å². The van der Waals surface area contributed by atoms with Gasteiger partial charge in [-0.05, 0) is 25.2 Å². The highest BCUT2D eigenvalue weighted by atomic mass is 35.5. The first-order chi connectivity index (χ1) is 21.4. The molecular weight excluding hydrogens is 686 g/mol. The first-order valence-corrected chi connectivity index (χ1v) is 17.2. The lowest BCUT2D eigenvalue weighted by molar-refractivity contribution is -0.135. The van der Waals surface area contributed by atoms with Crippen molar-refractivity contribution in [2.24, 2.45) is 0 Å². The zero-order valence-electron chi connectivity index (χ0n) is 25.4. The van der Waals surface area contributed by atoms with E-state index in [9.17, 15) is 18.9 Å². The Balaban J connectivity index is 0.000000264. The van der Waals surface area contributed by atoms with Crippen molar-refractivity contribution >= 4 is 48.5 Å². The van der Waals surface area contributed by atoms with E-state index in [1.54, 1.807) is 16.9 Å². The Morgan fingerprint density at radius 3 is 2.43 bits per heavy atom. The Morgan fingerprint density at radius 2 is 1.89 bits per heavy atom. The number of nitrogens with zero attached hydrogens (tertiary/aromatic N) is 6. The minimum atomic E-state index is -4.10. The van der Waals surface area contributed by atoms with Crippen molar-refractivity contribution < 1.29 is 29.0 Å². The third kappa shape index (κ3) is 11.2. The molecule has 46 heavy (non-hydrogen) atoms. The van der Waals surface area contributed by atoms with E-state index in [1.807, 2.05) is 20.8 Å². The fourth-order valence-corrected chi connectivity index (χ4v) is 5.09. The molecule has 3 aromatic rings. The van der Waals surface area contributed by atoms with E-state index in [0.29, 0.717) is 38.9 Å². The molecule has 2 aromatic heterocycles. The Hall–Kier alpha value is -3.36. The molecule has 6 N–H and O–H groups in total. The minimum Gasteiger partial charge on any atom is -0.480 e. The highest BCUT2D eigenvalue weighted by Crippen LogP contribution is 2.33. The lowest BCUT2D eigenvalue weighted by Gasteiger charge is -2.16. The molecule has 0 bridgehead atoms. The van der Waals surface area contributed by atoms with Crippen molar-refractivity contribution in [3.63, 3.8) is 0 Å². The summed E-state index contributed by atoms with van der Waals surface area (Å²) in [6.45, 7) is 6.02. The van der Waals surface area contributed by atoms with Crippen LogP contribution in [-0.4, -0.2) is 75.8 Å². The van der Waals surface area contributed by atoms with Gasteiger partial charge in [-0.25, -0.2) is 4.79 Å². The van der Waals surface area contributed by atoms with E-state index in [4.69, 9.17) is 55.1 Å². The van der Waals surface area contributed by atoms with Crippen molar-refractivity contribution in [3.8, 4) is 23.8 Å². The van der Waals surface area contributed by atoms with Crippen LogP contribution in [-0.2, 0) is 27.7 Å². The number of nitrogens with two attached hydrogens (primary N) is 1. The van der Waals surface area contributed by atoms with Crippen molar-refractivity contribution in [1.82, 2.24) is 34.5 Å². The maximum atomic E-state index is 12.5. The summed E-state index contributed by atoms with van der Waals surface area (Å²) < 4.78 is 19.4. The van der Waals surface area contributed by atoms with Gasteiger partial charge in [0.2, 0.25) is 5.16 Å². The van der Waals surface area contributed by atoms with E-state index in [2.05, 4.69) is 26.5 Å². The van der Waals surface area contributed by atoms with Gasteiger partial charge >= 0.3 is 19.3 Å². The highest BCUT2D eigenvalue weighted by Gasteiger charge is 2.23. The molecule has 3 heterocycles. The largest absolute Gasteiger partial charge is 0.480 e. The number of thioether (sulfide) groups is 1. The average Bonchev–Trinajstić information content (AvgIpc) is 3.29. The quantitative estimate of drug-likeness (QED) is 0.0968. The van der Waals surface area contributed by atoms with Crippen LogP contribution in [0.2, 0.25) is 10.0 Å². The van der Waals surface area contributed by atoms with Crippen molar-refractivity contribution in [3.05, 3.63) is 54.5 Å². The lowest BCUT2D eigenvalue weighted by Crippen LogP contribution is -2.37. The zero-order valence-corrected chi connectivity index (χ0v) is 28.7. The molecule has 0 saturated heterocycles. The number of nitrogen functional groups attached to an aromatic ring is 1. The van der Waals surface area contributed by atoms with Gasteiger partial charge in [-0.15, -0.1) is 21.7 Å². The topological polar surface area (TPSA) is 230 Å². The molecule has 1 aliphatic rings. The summed E-state index contributed by atoms with van der Waals surface area (Å²) in [6, 6.07) is 3.11. The second-order valence-electron chi connectivity index (χ2n) is 10.5. The summed E-state index contributed by atoms with van der Waals surface area (Å²) in [6.07, 6.45) is 9.17. The van der Waals surface area contributed by atoms with Crippen molar-refractivity contribution in [2.75, 3.05) is 31.5 Å². The van der Waals surface area contributed by atoms with Crippen LogP contribution < -0.4 is 27.1 Å². The fraction of sp³-hybridized carbons (Fsp3) is 0.462. The zero-order chi connectivity index (χ0) is 34.8. The number of hydrogen-bond acceptors (Lipinski definition) is 11. The summed E-state index contributed by atoms with van der Waals surface area (Å²) >= 11 is 13.6. The van der Waals surface area contributed by atoms with Crippen LogP contribution in [0, 0.1) is 12.3 Å². The molecule has 4 rings (SSSR count). The van der Waals surface area contributed by atoms with E-state index in [-0.39, 0.29) is 23.3 Å². The number of carboxylic acid groups (broad SMARTS) is 1. The van der Waals surface area contributed by atoms with Crippen LogP contribution >= 0.6 is 42.6 Å². The van der Waals surface area contributed by atoms with Crippen LogP contribution in [0.1, 0.15) is 45.1 Å². The maximum Gasteiger partial charge on any atom is 0.350 e. The number of hydrogen-bond donors (Lipinski definition) is 5. The third-order valence-electron chi connectivity index (χ3n) is 5.86. The van der Waals surface area contributed by atoms with E-state index >= 15 is 0 Å². The molecule has 0 atom stereocenters. The summed E-state index contributed by atoms with van der Waals surface area (Å²) in [5, 5.41) is 23.3. The molecular formula is C26H35Cl2N8O8PS. The predicted octanol–water partition coefficient (Wildman–Crippen LogP) is 1.86. The molecule has 0 unspecified atom stereocenters. The predicted molar refractivity (Wildman–Crippen MR) is 175 cm³/mol. The number of carbonyl (C=O) groups is 1. The molecule has 0 aliphatic carbocycles. The number of aromatic nitrogens is 6. The van der Waals surface area contributed by atoms with Crippen LogP contribution in [0.15, 0.2) is 26.9 Å². The Labute approximate surface area is 278 Å². The number of terminal acetylenes is 1. The second-order valence-corrected chi connectivity index (χ2v) is 13.8. The number of ether oxygens (including phenoxy) is 1. The second kappa shape index (κ2) is 17.0. The van der Waals surface area contributed by atoms with E-state index in [0.717, 1.165) is 29.8 Å². The van der Waals surface area contributed by atoms with Gasteiger partial charge < -0.3 is 25.5 Å². The average molecular weight is 722 g/mol. The smallest absolute Gasteiger partial charge is 0.350 e. The third-order valence-corrected chi connectivity index (χ3v) is 7.74. The number of benzene rings is 1. The Bertz CT molecular complexity index is 1740. The summed E-state index contributed by atoms with van der Waals surface area (Å²) in [7, 11) is -4.10. The van der Waals surface area contributed by atoms with Gasteiger partial charge in [-0.3, -0.25) is 24.0 Å².